The average Bonchev–Trinajstić information content (AvgIpc) is 3.15. The predicted molar refractivity (Wildman–Crippen MR) is 100 cm³/mol. The number of alkyl halides is 3. The third kappa shape index (κ3) is 3.63. The number of fused-ring (bicyclic) bond motifs is 1. The molecular formula is C20H13F3N2O2S. The number of rotatable bonds is 4. The number of benzene rings is 2. The molecule has 28 heavy (non-hydrogen) atoms. The number of phenolic OH excluding ortho intramolecular Hbond substituents is 1. The van der Waals surface area contributed by atoms with E-state index in [4.69, 9.17) is 4.74 Å². The summed E-state index contributed by atoms with van der Waals surface area (Å²) in [7, 11) is 0. The molecule has 4 aromatic rings. The highest BCUT2D eigenvalue weighted by Gasteiger charge is 2.43. The molecule has 1 unspecified atom stereocenters. The molecule has 1 atom stereocenters. The molecule has 4 rings (SSSR count). The summed E-state index contributed by atoms with van der Waals surface area (Å²) in [5.74, 6) is 0.151. The van der Waals surface area contributed by atoms with Crippen LogP contribution in [0.25, 0.3) is 21.6 Å². The number of nitrogens with zero attached hydrogens (tertiary/aromatic N) is 2. The first kappa shape index (κ1) is 18.2. The van der Waals surface area contributed by atoms with Gasteiger partial charge >= 0.3 is 6.18 Å². The van der Waals surface area contributed by atoms with E-state index < -0.39 is 12.3 Å². The van der Waals surface area contributed by atoms with Crippen LogP contribution in [0, 0.1) is 0 Å². The fraction of sp³-hybridized carbons (Fsp3) is 0.100. The molecule has 0 aliphatic rings. The molecule has 0 amide bonds. The van der Waals surface area contributed by atoms with E-state index in [0.717, 1.165) is 0 Å². The molecule has 0 aliphatic heterocycles. The quantitative estimate of drug-likeness (QED) is 0.473. The van der Waals surface area contributed by atoms with Gasteiger partial charge in [0.05, 0.1) is 5.39 Å². The zero-order chi connectivity index (χ0) is 19.7. The summed E-state index contributed by atoms with van der Waals surface area (Å²) >= 11 is 1.28. The Hall–Kier alpha value is -3.13. The number of hydrogen-bond donors (Lipinski definition) is 1. The molecule has 0 saturated heterocycles. The minimum Gasteiger partial charge on any atom is -0.508 e. The van der Waals surface area contributed by atoms with E-state index in [1.807, 2.05) is 0 Å². The van der Waals surface area contributed by atoms with E-state index in [1.165, 1.54) is 47.7 Å². The van der Waals surface area contributed by atoms with Gasteiger partial charge in [0.2, 0.25) is 12.0 Å². The van der Waals surface area contributed by atoms with Crippen molar-refractivity contribution in [3.63, 3.8) is 0 Å². The van der Waals surface area contributed by atoms with Gasteiger partial charge in [-0.3, -0.25) is 0 Å². The molecule has 0 radical (unpaired) electrons. The number of aromatic hydroxyl groups is 1. The number of aromatic nitrogens is 2. The fourth-order valence-electron chi connectivity index (χ4n) is 2.72. The topological polar surface area (TPSA) is 55.2 Å². The first-order valence-electron chi connectivity index (χ1n) is 8.25. The smallest absolute Gasteiger partial charge is 0.429 e. The van der Waals surface area contributed by atoms with Crippen molar-refractivity contribution in [2.24, 2.45) is 0 Å². The maximum atomic E-state index is 13.7. The van der Waals surface area contributed by atoms with E-state index in [-0.39, 0.29) is 23.0 Å². The third-order valence-electron chi connectivity index (χ3n) is 4.04. The Morgan fingerprint density at radius 3 is 2.32 bits per heavy atom. The van der Waals surface area contributed by atoms with Crippen molar-refractivity contribution in [2.75, 3.05) is 0 Å². The largest absolute Gasteiger partial charge is 0.508 e. The standard InChI is InChI=1S/C20H13F3N2O2S/c21-20(22,23)16(12-4-2-1-3-5-12)27-18-15-10-11-28-19(15)25-17(24-18)13-6-8-14(26)9-7-13/h1-11,16,26H. The van der Waals surface area contributed by atoms with Crippen molar-refractivity contribution in [2.45, 2.75) is 12.3 Å². The highest BCUT2D eigenvalue weighted by molar-refractivity contribution is 7.16. The molecule has 0 bridgehead atoms. The number of halogens is 3. The molecule has 2 aromatic heterocycles. The van der Waals surface area contributed by atoms with E-state index in [1.54, 1.807) is 29.6 Å². The number of hydrogen-bond acceptors (Lipinski definition) is 5. The molecule has 0 saturated carbocycles. The summed E-state index contributed by atoms with van der Waals surface area (Å²) in [6.07, 6.45) is -6.77. The lowest BCUT2D eigenvalue weighted by molar-refractivity contribution is -0.198. The fourth-order valence-corrected chi connectivity index (χ4v) is 3.48. The van der Waals surface area contributed by atoms with Crippen LogP contribution >= 0.6 is 11.3 Å². The molecule has 2 heterocycles. The van der Waals surface area contributed by atoms with Crippen LogP contribution in [-0.2, 0) is 0 Å². The normalized spacial score (nSPS) is 12.8. The van der Waals surface area contributed by atoms with Gasteiger partial charge in [-0.25, -0.2) is 4.98 Å². The summed E-state index contributed by atoms with van der Waals surface area (Å²) in [5.41, 5.74) is 0.546. The first-order valence-corrected chi connectivity index (χ1v) is 9.13. The second-order valence-corrected chi connectivity index (χ2v) is 6.88. The van der Waals surface area contributed by atoms with Gasteiger partial charge in [-0.1, -0.05) is 30.3 Å². The lowest BCUT2D eigenvalue weighted by Gasteiger charge is -2.22. The van der Waals surface area contributed by atoms with Gasteiger partial charge in [0.15, 0.2) is 5.82 Å². The minimum absolute atomic E-state index is 0.0109. The van der Waals surface area contributed by atoms with Crippen LogP contribution in [0.2, 0.25) is 0 Å². The van der Waals surface area contributed by atoms with Crippen LogP contribution in [0.5, 0.6) is 11.6 Å². The van der Waals surface area contributed by atoms with Crippen molar-refractivity contribution < 1.29 is 23.0 Å². The van der Waals surface area contributed by atoms with Crippen molar-refractivity contribution in [3.8, 4) is 23.0 Å². The molecule has 2 aromatic carbocycles. The molecule has 1 N–H and O–H groups in total. The Balaban J connectivity index is 1.80. The van der Waals surface area contributed by atoms with Crippen molar-refractivity contribution in [3.05, 3.63) is 71.6 Å². The molecular weight excluding hydrogens is 389 g/mol. The maximum Gasteiger partial charge on any atom is 0.429 e. The summed E-state index contributed by atoms with van der Waals surface area (Å²) in [6, 6.07) is 15.2. The average molecular weight is 402 g/mol. The molecule has 0 aliphatic carbocycles. The first-order chi connectivity index (χ1) is 13.4. The van der Waals surface area contributed by atoms with E-state index >= 15 is 0 Å². The summed E-state index contributed by atoms with van der Waals surface area (Å²) in [5, 5.41) is 11.6. The Morgan fingerprint density at radius 1 is 0.929 bits per heavy atom. The van der Waals surface area contributed by atoms with E-state index in [0.29, 0.717) is 15.8 Å². The van der Waals surface area contributed by atoms with Gasteiger partial charge in [-0.15, -0.1) is 11.3 Å². The molecule has 4 nitrogen and oxygen atoms in total. The van der Waals surface area contributed by atoms with Gasteiger partial charge in [0.1, 0.15) is 10.6 Å². The summed E-state index contributed by atoms with van der Waals surface area (Å²) < 4.78 is 46.5. The Labute approximate surface area is 161 Å². The van der Waals surface area contributed by atoms with Crippen molar-refractivity contribution >= 4 is 21.6 Å². The maximum absolute atomic E-state index is 13.7. The van der Waals surface area contributed by atoms with E-state index in [9.17, 15) is 18.3 Å². The highest BCUT2D eigenvalue weighted by atomic mass is 32.1. The molecule has 0 spiro atoms. The molecule has 0 fully saturated rings. The van der Waals surface area contributed by atoms with Crippen LogP contribution in [0.1, 0.15) is 11.7 Å². The number of phenols is 1. The van der Waals surface area contributed by atoms with Crippen LogP contribution in [0.3, 0.4) is 0 Å². The predicted octanol–water partition coefficient (Wildman–Crippen LogP) is 5.75. The Bertz CT molecular complexity index is 1100. The van der Waals surface area contributed by atoms with Gasteiger partial charge in [-0.2, -0.15) is 18.2 Å². The van der Waals surface area contributed by atoms with Gasteiger partial charge in [0, 0.05) is 11.1 Å². The Kier molecular flexibility index (Phi) is 4.64. The second-order valence-electron chi connectivity index (χ2n) is 5.99. The van der Waals surface area contributed by atoms with Gasteiger partial charge in [0.25, 0.3) is 0 Å². The zero-order valence-electron chi connectivity index (χ0n) is 14.2. The summed E-state index contributed by atoms with van der Waals surface area (Å²) in [4.78, 5) is 9.16. The van der Waals surface area contributed by atoms with Gasteiger partial charge < -0.3 is 9.84 Å². The molecule has 142 valence electrons. The molecule has 8 heteroatoms. The number of ether oxygens (including phenoxy) is 1. The summed E-state index contributed by atoms with van der Waals surface area (Å²) in [6.45, 7) is 0. The van der Waals surface area contributed by atoms with Crippen LogP contribution in [0.15, 0.2) is 66.0 Å². The lowest BCUT2D eigenvalue weighted by Crippen LogP contribution is -2.26. The lowest BCUT2D eigenvalue weighted by atomic mass is 10.1. The minimum atomic E-state index is -4.62. The third-order valence-corrected chi connectivity index (χ3v) is 4.85. The highest BCUT2D eigenvalue weighted by Crippen LogP contribution is 2.39. The Morgan fingerprint density at radius 2 is 1.64 bits per heavy atom. The van der Waals surface area contributed by atoms with Crippen LogP contribution in [0.4, 0.5) is 13.2 Å². The SMILES string of the molecule is Oc1ccc(-c2nc(OC(c3ccccc3)C(F)(F)F)c3ccsc3n2)cc1. The zero-order valence-corrected chi connectivity index (χ0v) is 15.0. The van der Waals surface area contributed by atoms with Gasteiger partial charge in [-0.05, 0) is 35.7 Å². The second kappa shape index (κ2) is 7.12. The monoisotopic (exact) mass is 402 g/mol. The number of thiophene rings is 1. The van der Waals surface area contributed by atoms with Crippen molar-refractivity contribution in [1.82, 2.24) is 9.97 Å². The van der Waals surface area contributed by atoms with Crippen LogP contribution in [-0.4, -0.2) is 21.3 Å². The van der Waals surface area contributed by atoms with Crippen LogP contribution < -0.4 is 4.74 Å². The van der Waals surface area contributed by atoms with E-state index in [2.05, 4.69) is 9.97 Å². The van der Waals surface area contributed by atoms with Crippen molar-refractivity contribution in [1.29, 1.82) is 0 Å².